The number of benzene rings is 1. The van der Waals surface area contributed by atoms with Gasteiger partial charge in [0.25, 0.3) is 5.56 Å². The van der Waals surface area contributed by atoms with E-state index >= 15 is 0 Å². The smallest absolute Gasteiger partial charge is 0.251 e. The van der Waals surface area contributed by atoms with Crippen molar-refractivity contribution in [3.05, 3.63) is 57.5 Å². The minimum absolute atomic E-state index is 0.0888. The summed E-state index contributed by atoms with van der Waals surface area (Å²) in [4.78, 5) is 33.9. The Balaban J connectivity index is 1.81. The minimum atomic E-state index is -0.489. The number of H-pyrrole nitrogens is 1. The second-order valence-corrected chi connectivity index (χ2v) is 7.10. The normalized spacial score (nSPS) is 16.8. The summed E-state index contributed by atoms with van der Waals surface area (Å²) < 4.78 is 18.8. The first kappa shape index (κ1) is 19.1. The maximum atomic E-state index is 13.9. The summed E-state index contributed by atoms with van der Waals surface area (Å²) in [6.07, 6.45) is 1.67. The van der Waals surface area contributed by atoms with Gasteiger partial charge in [-0.25, -0.2) is 9.37 Å². The molecule has 1 aliphatic rings. The van der Waals surface area contributed by atoms with Crippen LogP contribution in [0.2, 0.25) is 0 Å². The van der Waals surface area contributed by atoms with E-state index in [-0.39, 0.29) is 35.6 Å². The standard InChI is InChI=1S/C20H24FN3O3/c1-12(2)15-11-18(25)23-20(22-15)16-5-4-8-24(16)19(26)10-13-6-7-17(27-3)14(21)9-13/h6-7,9,11-12,16H,4-5,8,10H2,1-3H3,(H,22,23,25). The van der Waals surface area contributed by atoms with Crippen LogP contribution >= 0.6 is 0 Å². The third kappa shape index (κ3) is 4.18. The molecule has 1 aromatic heterocycles. The predicted molar refractivity (Wildman–Crippen MR) is 99.3 cm³/mol. The average molecular weight is 373 g/mol. The van der Waals surface area contributed by atoms with Gasteiger partial charge in [-0.2, -0.15) is 0 Å². The van der Waals surface area contributed by atoms with Gasteiger partial charge in [0, 0.05) is 12.6 Å². The zero-order chi connectivity index (χ0) is 19.6. The second-order valence-electron chi connectivity index (χ2n) is 7.10. The molecule has 144 valence electrons. The summed E-state index contributed by atoms with van der Waals surface area (Å²) in [5.74, 6) is 0.199. The predicted octanol–water partition coefficient (Wildman–Crippen LogP) is 2.95. The molecule has 1 fully saturated rings. The van der Waals surface area contributed by atoms with Gasteiger partial charge in [0.05, 0.1) is 25.3 Å². The number of hydrogen-bond donors (Lipinski definition) is 1. The summed E-state index contributed by atoms with van der Waals surface area (Å²) >= 11 is 0. The van der Waals surface area contributed by atoms with Gasteiger partial charge in [0.2, 0.25) is 5.91 Å². The van der Waals surface area contributed by atoms with Gasteiger partial charge >= 0.3 is 0 Å². The Morgan fingerprint density at radius 3 is 2.85 bits per heavy atom. The molecule has 0 saturated carbocycles. The SMILES string of the molecule is COc1ccc(CC(=O)N2CCCC2c2nc(C(C)C)cc(=O)[nH]2)cc1F. The monoisotopic (exact) mass is 373 g/mol. The van der Waals surface area contributed by atoms with Crippen LogP contribution in [0.5, 0.6) is 5.75 Å². The number of rotatable bonds is 5. The molecule has 1 aliphatic heterocycles. The van der Waals surface area contributed by atoms with Crippen LogP contribution in [0, 0.1) is 5.82 Å². The van der Waals surface area contributed by atoms with E-state index in [0.717, 1.165) is 12.8 Å². The Morgan fingerprint density at radius 2 is 2.19 bits per heavy atom. The van der Waals surface area contributed by atoms with Gasteiger partial charge in [-0.15, -0.1) is 0 Å². The lowest BCUT2D eigenvalue weighted by molar-refractivity contribution is -0.131. The molecule has 7 heteroatoms. The van der Waals surface area contributed by atoms with E-state index < -0.39 is 5.82 Å². The van der Waals surface area contributed by atoms with Crippen LogP contribution in [0.15, 0.2) is 29.1 Å². The van der Waals surface area contributed by atoms with E-state index in [1.807, 2.05) is 13.8 Å². The lowest BCUT2D eigenvalue weighted by atomic mass is 10.1. The van der Waals surface area contributed by atoms with Crippen molar-refractivity contribution in [1.29, 1.82) is 0 Å². The number of carbonyl (C=O) groups is 1. The molecule has 0 bridgehead atoms. The Kier molecular flexibility index (Phi) is 5.58. The van der Waals surface area contributed by atoms with Crippen molar-refractivity contribution < 1.29 is 13.9 Å². The number of ether oxygens (including phenoxy) is 1. The number of likely N-dealkylation sites (tertiary alicyclic amines) is 1. The van der Waals surface area contributed by atoms with Crippen LogP contribution in [0.1, 0.15) is 55.7 Å². The molecule has 1 N–H and O–H groups in total. The first-order valence-corrected chi connectivity index (χ1v) is 9.12. The Bertz CT molecular complexity index is 894. The molecule has 3 rings (SSSR count). The van der Waals surface area contributed by atoms with Crippen LogP contribution in [-0.2, 0) is 11.2 Å². The summed E-state index contributed by atoms with van der Waals surface area (Å²) in [6, 6.07) is 5.76. The van der Waals surface area contributed by atoms with Gasteiger partial charge < -0.3 is 14.6 Å². The maximum Gasteiger partial charge on any atom is 0.251 e. The number of hydrogen-bond acceptors (Lipinski definition) is 4. The van der Waals surface area contributed by atoms with Gasteiger partial charge in [-0.05, 0) is 36.5 Å². The van der Waals surface area contributed by atoms with E-state index in [1.165, 1.54) is 25.3 Å². The van der Waals surface area contributed by atoms with E-state index in [2.05, 4.69) is 9.97 Å². The molecule has 2 aromatic rings. The van der Waals surface area contributed by atoms with Crippen LogP contribution in [0.3, 0.4) is 0 Å². The fourth-order valence-electron chi connectivity index (χ4n) is 3.40. The van der Waals surface area contributed by atoms with Gasteiger partial charge in [-0.3, -0.25) is 9.59 Å². The largest absolute Gasteiger partial charge is 0.494 e. The number of nitrogens with zero attached hydrogens (tertiary/aromatic N) is 2. The Morgan fingerprint density at radius 1 is 1.41 bits per heavy atom. The number of nitrogens with one attached hydrogen (secondary N) is 1. The Hall–Kier alpha value is -2.70. The first-order valence-electron chi connectivity index (χ1n) is 9.12. The number of aromatic amines is 1. The molecule has 27 heavy (non-hydrogen) atoms. The van der Waals surface area contributed by atoms with Crippen LogP contribution < -0.4 is 10.3 Å². The highest BCUT2D eigenvalue weighted by molar-refractivity contribution is 5.79. The molecule has 2 heterocycles. The van der Waals surface area contributed by atoms with Crippen LogP contribution in [-0.4, -0.2) is 34.4 Å². The zero-order valence-electron chi connectivity index (χ0n) is 15.8. The number of aromatic nitrogens is 2. The lowest BCUT2D eigenvalue weighted by Crippen LogP contribution is -2.33. The van der Waals surface area contributed by atoms with E-state index in [1.54, 1.807) is 11.0 Å². The number of methoxy groups -OCH3 is 1. The average Bonchev–Trinajstić information content (AvgIpc) is 3.11. The fraction of sp³-hybridized carbons (Fsp3) is 0.450. The van der Waals surface area contributed by atoms with Crippen molar-refractivity contribution in [1.82, 2.24) is 14.9 Å². The summed E-state index contributed by atoms with van der Waals surface area (Å²) in [7, 11) is 1.40. The first-order chi connectivity index (χ1) is 12.9. The third-order valence-electron chi connectivity index (χ3n) is 4.83. The molecule has 1 aromatic carbocycles. The molecule has 1 atom stereocenters. The van der Waals surface area contributed by atoms with Crippen LogP contribution in [0.25, 0.3) is 0 Å². The molecule has 0 spiro atoms. The molecule has 6 nitrogen and oxygen atoms in total. The number of carbonyl (C=O) groups excluding carboxylic acids is 1. The summed E-state index contributed by atoms with van der Waals surface area (Å²) in [5, 5.41) is 0. The van der Waals surface area contributed by atoms with Crippen molar-refractivity contribution in [2.45, 2.75) is 45.1 Å². The lowest BCUT2D eigenvalue weighted by Gasteiger charge is -2.24. The number of amides is 1. The van der Waals surface area contributed by atoms with Crippen molar-refractivity contribution in [3.8, 4) is 5.75 Å². The quantitative estimate of drug-likeness (QED) is 0.874. The highest BCUT2D eigenvalue weighted by atomic mass is 19.1. The van der Waals surface area contributed by atoms with Gasteiger partial charge in [0.1, 0.15) is 5.82 Å². The topological polar surface area (TPSA) is 75.3 Å². The minimum Gasteiger partial charge on any atom is -0.494 e. The fourth-order valence-corrected chi connectivity index (χ4v) is 3.40. The molecule has 1 saturated heterocycles. The molecule has 1 unspecified atom stereocenters. The maximum absolute atomic E-state index is 13.9. The van der Waals surface area contributed by atoms with Crippen LogP contribution in [0.4, 0.5) is 4.39 Å². The van der Waals surface area contributed by atoms with Gasteiger partial charge in [0.15, 0.2) is 11.6 Å². The van der Waals surface area contributed by atoms with Crippen molar-refractivity contribution in [3.63, 3.8) is 0 Å². The number of halogens is 1. The molecule has 0 aliphatic carbocycles. The van der Waals surface area contributed by atoms with Gasteiger partial charge in [-0.1, -0.05) is 19.9 Å². The second kappa shape index (κ2) is 7.90. The van der Waals surface area contributed by atoms with Crippen molar-refractivity contribution in [2.24, 2.45) is 0 Å². The summed E-state index contributed by atoms with van der Waals surface area (Å²) in [6.45, 7) is 4.54. The summed E-state index contributed by atoms with van der Waals surface area (Å²) in [5.41, 5.74) is 1.09. The van der Waals surface area contributed by atoms with Crippen molar-refractivity contribution >= 4 is 5.91 Å². The molecular formula is C20H24FN3O3. The van der Waals surface area contributed by atoms with E-state index in [4.69, 9.17) is 4.74 Å². The highest BCUT2D eigenvalue weighted by Gasteiger charge is 2.32. The zero-order valence-corrected chi connectivity index (χ0v) is 15.8. The van der Waals surface area contributed by atoms with E-state index in [0.29, 0.717) is 23.6 Å². The molecular weight excluding hydrogens is 349 g/mol. The van der Waals surface area contributed by atoms with E-state index in [9.17, 15) is 14.0 Å². The molecule has 0 radical (unpaired) electrons. The van der Waals surface area contributed by atoms with Crippen molar-refractivity contribution in [2.75, 3.05) is 13.7 Å². The third-order valence-corrected chi connectivity index (χ3v) is 4.83. The molecule has 1 amide bonds. The highest BCUT2D eigenvalue weighted by Crippen LogP contribution is 2.30. The Labute approximate surface area is 157 Å².